The van der Waals surface area contributed by atoms with E-state index in [0.717, 1.165) is 19.3 Å². The van der Waals surface area contributed by atoms with E-state index in [2.05, 4.69) is 15.6 Å². The van der Waals surface area contributed by atoms with Crippen molar-refractivity contribution in [3.8, 4) is 11.5 Å². The fourth-order valence-electron chi connectivity index (χ4n) is 4.28. The molecule has 2 aromatic rings. The van der Waals surface area contributed by atoms with E-state index in [9.17, 15) is 9.59 Å². The van der Waals surface area contributed by atoms with Gasteiger partial charge in [-0.3, -0.25) is 9.59 Å². The van der Waals surface area contributed by atoms with Gasteiger partial charge in [0.25, 0.3) is 5.91 Å². The summed E-state index contributed by atoms with van der Waals surface area (Å²) in [7, 11) is 3.23. The predicted octanol–water partition coefficient (Wildman–Crippen LogP) is 1.41. The van der Waals surface area contributed by atoms with Crippen LogP contribution in [0.15, 0.2) is 24.4 Å². The van der Waals surface area contributed by atoms with Crippen molar-refractivity contribution in [2.45, 2.75) is 51.0 Å². The van der Waals surface area contributed by atoms with Crippen LogP contribution in [0.2, 0.25) is 0 Å². The number of aromatic nitrogens is 3. The van der Waals surface area contributed by atoms with Crippen LogP contribution in [0.5, 0.6) is 11.5 Å². The van der Waals surface area contributed by atoms with Crippen LogP contribution < -0.4 is 14.8 Å². The van der Waals surface area contributed by atoms with Gasteiger partial charge in [0.2, 0.25) is 5.91 Å². The van der Waals surface area contributed by atoms with Crippen LogP contribution in [-0.2, 0) is 27.4 Å². The number of rotatable bonds is 7. The first-order valence-corrected chi connectivity index (χ1v) is 12.0. The van der Waals surface area contributed by atoms with E-state index in [-0.39, 0.29) is 30.6 Å². The molecule has 1 fully saturated rings. The van der Waals surface area contributed by atoms with Crippen molar-refractivity contribution in [3.05, 3.63) is 35.7 Å². The van der Waals surface area contributed by atoms with Gasteiger partial charge in [-0.05, 0) is 31.0 Å². The number of fused-ring (bicyclic) bond motifs is 5. The summed E-state index contributed by atoms with van der Waals surface area (Å²) in [6.07, 6.45) is 4.58. The van der Waals surface area contributed by atoms with Gasteiger partial charge in [-0.1, -0.05) is 11.6 Å². The number of hydrogen-bond acceptors (Lipinski definition) is 8. The van der Waals surface area contributed by atoms with Gasteiger partial charge in [-0.25, -0.2) is 4.68 Å². The molecule has 0 radical (unpaired) electrons. The van der Waals surface area contributed by atoms with Gasteiger partial charge in [-0.2, -0.15) is 0 Å². The Morgan fingerprint density at radius 1 is 1.23 bits per heavy atom. The standard InChI is InChI=1S/C24H33N5O6/c1-32-10-5-3-4-6-23(30)28-14-19-22(15-28)35-16-18-13-29(27-26-18)9-11-34-21-12-17(24(31)25-19)7-8-20(21)33-2/h7-8,12-13,19,22H,3-6,9-11,14-16H2,1-2H3,(H,25,31)/t19-,22-/m0/s1. The van der Waals surface area contributed by atoms with Crippen LogP contribution in [0.1, 0.15) is 41.7 Å². The quantitative estimate of drug-likeness (QED) is 0.583. The van der Waals surface area contributed by atoms with Crippen molar-refractivity contribution in [3.63, 3.8) is 0 Å². The lowest BCUT2D eigenvalue weighted by Crippen LogP contribution is -2.44. The molecule has 190 valence electrons. The summed E-state index contributed by atoms with van der Waals surface area (Å²) in [4.78, 5) is 27.7. The molecular weight excluding hydrogens is 454 g/mol. The molecule has 3 heterocycles. The molecule has 4 bridgehead atoms. The number of hydrogen-bond donors (Lipinski definition) is 1. The maximum atomic E-state index is 13.1. The van der Waals surface area contributed by atoms with Crippen molar-refractivity contribution < 1.29 is 28.5 Å². The average Bonchev–Trinajstić information content (AvgIpc) is 3.48. The minimum atomic E-state index is -0.361. The van der Waals surface area contributed by atoms with Crippen LogP contribution >= 0.6 is 0 Å². The number of nitrogens with one attached hydrogen (secondary N) is 1. The Labute approximate surface area is 204 Å². The summed E-state index contributed by atoms with van der Waals surface area (Å²) in [6.45, 7) is 2.54. The highest BCUT2D eigenvalue weighted by molar-refractivity contribution is 5.95. The summed E-state index contributed by atoms with van der Waals surface area (Å²) in [6, 6.07) is 4.70. The van der Waals surface area contributed by atoms with E-state index >= 15 is 0 Å². The Balaban J connectivity index is 1.49. The summed E-state index contributed by atoms with van der Waals surface area (Å²) >= 11 is 0. The highest BCUT2D eigenvalue weighted by atomic mass is 16.5. The van der Waals surface area contributed by atoms with E-state index in [1.165, 1.54) is 0 Å². The van der Waals surface area contributed by atoms with Gasteiger partial charge in [0.05, 0.1) is 38.6 Å². The van der Waals surface area contributed by atoms with Gasteiger partial charge in [0, 0.05) is 38.8 Å². The second kappa shape index (κ2) is 12.0. The third-order valence-electron chi connectivity index (χ3n) is 6.21. The number of nitrogens with zero attached hydrogens (tertiary/aromatic N) is 4. The first-order valence-electron chi connectivity index (χ1n) is 12.0. The molecule has 11 nitrogen and oxygen atoms in total. The second-order valence-corrected chi connectivity index (χ2v) is 8.72. The zero-order valence-electron chi connectivity index (χ0n) is 20.3. The minimum absolute atomic E-state index is 0.0632. The van der Waals surface area contributed by atoms with Crippen LogP contribution in [0.4, 0.5) is 0 Å². The van der Waals surface area contributed by atoms with Crippen LogP contribution in [0, 0.1) is 0 Å². The van der Waals surface area contributed by atoms with Gasteiger partial charge >= 0.3 is 0 Å². The first-order chi connectivity index (χ1) is 17.1. The lowest BCUT2D eigenvalue weighted by molar-refractivity contribution is -0.130. The number of methoxy groups -OCH3 is 2. The molecule has 2 amide bonds. The molecule has 0 unspecified atom stereocenters. The van der Waals surface area contributed by atoms with Crippen molar-refractivity contribution in [2.75, 3.05) is 40.5 Å². The molecule has 0 spiro atoms. The molecule has 1 N–H and O–H groups in total. The molecule has 4 rings (SSSR count). The van der Waals surface area contributed by atoms with Crippen LogP contribution in [0.3, 0.4) is 0 Å². The summed E-state index contributed by atoms with van der Waals surface area (Å²) < 4.78 is 24.1. The van der Waals surface area contributed by atoms with E-state index in [4.69, 9.17) is 18.9 Å². The van der Waals surface area contributed by atoms with Gasteiger partial charge in [0.15, 0.2) is 11.5 Å². The van der Waals surface area contributed by atoms with Crippen molar-refractivity contribution in [2.24, 2.45) is 0 Å². The monoisotopic (exact) mass is 487 g/mol. The van der Waals surface area contributed by atoms with Crippen molar-refractivity contribution in [1.29, 1.82) is 0 Å². The summed E-state index contributed by atoms with van der Waals surface area (Å²) in [5.74, 6) is 0.812. The SMILES string of the molecule is COCCCCCC(=O)N1C[C@@H]2NC(=O)c3ccc(OC)c(c3)OCCn3cc(nn3)CO[C@H]2C1. The summed E-state index contributed by atoms with van der Waals surface area (Å²) in [5.41, 5.74) is 1.12. The number of ether oxygens (including phenoxy) is 4. The van der Waals surface area contributed by atoms with E-state index in [1.54, 1.807) is 42.0 Å². The Kier molecular flexibility index (Phi) is 8.54. The normalized spacial score (nSPS) is 20.3. The molecule has 2 atom stereocenters. The zero-order valence-corrected chi connectivity index (χ0v) is 20.3. The third kappa shape index (κ3) is 6.49. The largest absolute Gasteiger partial charge is 0.493 e. The topological polar surface area (TPSA) is 117 Å². The molecule has 0 aliphatic carbocycles. The molecule has 1 aromatic heterocycles. The number of benzene rings is 1. The molecule has 0 saturated carbocycles. The number of likely N-dealkylation sites (tertiary alicyclic amines) is 1. The Hall–Kier alpha value is -3.18. The first kappa shape index (κ1) is 24.9. The molecule has 2 aliphatic heterocycles. The fraction of sp³-hybridized carbons (Fsp3) is 0.583. The van der Waals surface area contributed by atoms with Crippen LogP contribution in [-0.4, -0.2) is 84.4 Å². The fourth-order valence-corrected chi connectivity index (χ4v) is 4.28. The Bertz CT molecular complexity index is 1010. The van der Waals surface area contributed by atoms with Crippen molar-refractivity contribution in [1.82, 2.24) is 25.2 Å². The maximum absolute atomic E-state index is 13.1. The number of amides is 2. The number of carbonyl (C=O) groups is 2. The molecule has 1 aromatic carbocycles. The van der Waals surface area contributed by atoms with Crippen molar-refractivity contribution >= 4 is 11.8 Å². The van der Waals surface area contributed by atoms with E-state index in [1.807, 2.05) is 6.20 Å². The Morgan fingerprint density at radius 3 is 2.94 bits per heavy atom. The predicted molar refractivity (Wildman–Crippen MR) is 125 cm³/mol. The highest BCUT2D eigenvalue weighted by Crippen LogP contribution is 2.28. The van der Waals surface area contributed by atoms with Gasteiger partial charge in [0.1, 0.15) is 12.3 Å². The van der Waals surface area contributed by atoms with E-state index in [0.29, 0.717) is 62.0 Å². The van der Waals surface area contributed by atoms with Gasteiger partial charge < -0.3 is 29.2 Å². The number of carbonyl (C=O) groups excluding carboxylic acids is 2. The molecule has 11 heteroatoms. The third-order valence-corrected chi connectivity index (χ3v) is 6.21. The van der Waals surface area contributed by atoms with Gasteiger partial charge in [-0.15, -0.1) is 5.10 Å². The minimum Gasteiger partial charge on any atom is -0.493 e. The molecular formula is C24H33N5O6. The lowest BCUT2D eigenvalue weighted by Gasteiger charge is -2.20. The zero-order chi connectivity index (χ0) is 24.6. The smallest absolute Gasteiger partial charge is 0.251 e. The lowest BCUT2D eigenvalue weighted by atomic mass is 10.1. The average molecular weight is 488 g/mol. The summed E-state index contributed by atoms with van der Waals surface area (Å²) in [5, 5.41) is 11.3. The van der Waals surface area contributed by atoms with Crippen LogP contribution in [0.25, 0.3) is 0 Å². The number of unbranched alkanes of at least 4 members (excludes halogenated alkanes) is 2. The maximum Gasteiger partial charge on any atom is 0.251 e. The highest BCUT2D eigenvalue weighted by Gasteiger charge is 2.37. The molecule has 2 aliphatic rings. The van der Waals surface area contributed by atoms with E-state index < -0.39 is 0 Å². The second-order valence-electron chi connectivity index (χ2n) is 8.72. The Morgan fingerprint density at radius 2 is 2.11 bits per heavy atom. The molecule has 35 heavy (non-hydrogen) atoms. The molecule has 1 saturated heterocycles.